The van der Waals surface area contributed by atoms with Crippen molar-refractivity contribution in [2.75, 3.05) is 23.3 Å². The predicted molar refractivity (Wildman–Crippen MR) is 83.6 cm³/mol. The third-order valence-electron chi connectivity index (χ3n) is 3.39. The maximum Gasteiger partial charge on any atom is 0.131 e. The van der Waals surface area contributed by atoms with Crippen LogP contribution in [0.4, 0.5) is 11.6 Å². The monoisotopic (exact) mass is 280 g/mol. The molecule has 0 unspecified atom stereocenters. The molecule has 5 heteroatoms. The first-order valence-electron chi connectivity index (χ1n) is 7.20. The van der Waals surface area contributed by atoms with Crippen molar-refractivity contribution >= 4 is 23.4 Å². The number of nitrogens with zero attached hydrogens (tertiary/aromatic N) is 2. The van der Waals surface area contributed by atoms with Crippen LogP contribution in [0.25, 0.3) is 0 Å². The number of hydrogen-bond acceptors (Lipinski definition) is 5. The van der Waals surface area contributed by atoms with Crippen LogP contribution in [-0.4, -0.2) is 27.5 Å². The maximum atomic E-state index is 5.69. The topological polar surface area (TPSA) is 63.8 Å². The molecule has 0 aliphatic heterocycles. The van der Waals surface area contributed by atoms with Crippen LogP contribution in [0, 0.1) is 6.92 Å². The standard InChI is InChI=1S/C14H24N4S/c1-11-17-13(15)10-14(18-11)16-8-5-9-19-12-6-3-2-4-7-12/h10,12H,2-9H2,1H3,(H3,15,16,17,18). The number of aryl methyl sites for hydroxylation is 1. The molecule has 0 aromatic carbocycles. The summed E-state index contributed by atoms with van der Waals surface area (Å²) < 4.78 is 0. The first-order valence-corrected chi connectivity index (χ1v) is 8.25. The van der Waals surface area contributed by atoms with E-state index in [9.17, 15) is 0 Å². The lowest BCUT2D eigenvalue weighted by Crippen LogP contribution is -2.11. The van der Waals surface area contributed by atoms with E-state index in [4.69, 9.17) is 5.73 Å². The van der Waals surface area contributed by atoms with Gasteiger partial charge in [0, 0.05) is 17.9 Å². The number of aromatic nitrogens is 2. The van der Waals surface area contributed by atoms with Gasteiger partial charge in [-0.1, -0.05) is 19.3 Å². The van der Waals surface area contributed by atoms with E-state index in [1.165, 1.54) is 44.3 Å². The Balaban J connectivity index is 1.60. The van der Waals surface area contributed by atoms with Gasteiger partial charge in [-0.15, -0.1) is 0 Å². The second-order valence-corrected chi connectivity index (χ2v) is 6.54. The van der Waals surface area contributed by atoms with Crippen molar-refractivity contribution in [3.63, 3.8) is 0 Å². The second kappa shape index (κ2) is 7.58. The minimum Gasteiger partial charge on any atom is -0.384 e. The Morgan fingerprint density at radius 1 is 1.32 bits per heavy atom. The van der Waals surface area contributed by atoms with Crippen molar-refractivity contribution in [2.45, 2.75) is 50.7 Å². The Hall–Kier alpha value is -0.970. The summed E-state index contributed by atoms with van der Waals surface area (Å²) in [6.07, 6.45) is 8.29. The Morgan fingerprint density at radius 2 is 2.11 bits per heavy atom. The smallest absolute Gasteiger partial charge is 0.131 e. The molecular formula is C14H24N4S. The van der Waals surface area contributed by atoms with Gasteiger partial charge in [0.05, 0.1) is 0 Å². The molecule has 106 valence electrons. The number of anilines is 2. The third-order valence-corrected chi connectivity index (χ3v) is 4.86. The molecule has 19 heavy (non-hydrogen) atoms. The molecule has 1 heterocycles. The van der Waals surface area contributed by atoms with E-state index in [2.05, 4.69) is 27.0 Å². The number of hydrogen-bond donors (Lipinski definition) is 2. The van der Waals surface area contributed by atoms with Gasteiger partial charge < -0.3 is 11.1 Å². The molecule has 1 fully saturated rings. The maximum absolute atomic E-state index is 5.69. The third kappa shape index (κ3) is 5.27. The van der Waals surface area contributed by atoms with Gasteiger partial charge in [-0.3, -0.25) is 0 Å². The van der Waals surface area contributed by atoms with Crippen molar-refractivity contribution in [2.24, 2.45) is 0 Å². The van der Waals surface area contributed by atoms with E-state index in [0.717, 1.165) is 23.4 Å². The molecular weight excluding hydrogens is 256 g/mol. The summed E-state index contributed by atoms with van der Waals surface area (Å²) in [7, 11) is 0. The predicted octanol–water partition coefficient (Wildman–Crippen LogP) is 3.24. The average molecular weight is 280 g/mol. The number of nitrogens with one attached hydrogen (secondary N) is 1. The molecule has 4 nitrogen and oxygen atoms in total. The van der Waals surface area contributed by atoms with Crippen LogP contribution in [0.1, 0.15) is 44.3 Å². The minimum atomic E-state index is 0.534. The fraction of sp³-hybridized carbons (Fsp3) is 0.714. The lowest BCUT2D eigenvalue weighted by Gasteiger charge is -2.20. The molecule has 3 N–H and O–H groups in total. The van der Waals surface area contributed by atoms with Gasteiger partial charge in [-0.25, -0.2) is 9.97 Å². The molecule has 0 radical (unpaired) electrons. The summed E-state index contributed by atoms with van der Waals surface area (Å²) in [5, 5.41) is 4.23. The zero-order valence-corrected chi connectivity index (χ0v) is 12.5. The van der Waals surface area contributed by atoms with E-state index in [1.54, 1.807) is 6.07 Å². The summed E-state index contributed by atoms with van der Waals surface area (Å²) in [5.41, 5.74) is 5.69. The van der Waals surface area contributed by atoms with E-state index in [1.807, 2.05) is 6.92 Å². The highest BCUT2D eigenvalue weighted by molar-refractivity contribution is 7.99. The van der Waals surface area contributed by atoms with Gasteiger partial charge in [0.25, 0.3) is 0 Å². The van der Waals surface area contributed by atoms with Crippen LogP contribution in [0.2, 0.25) is 0 Å². The molecule has 1 saturated carbocycles. The van der Waals surface area contributed by atoms with Crippen LogP contribution < -0.4 is 11.1 Å². The number of rotatable bonds is 6. The Morgan fingerprint density at radius 3 is 2.84 bits per heavy atom. The first kappa shape index (κ1) is 14.4. The summed E-state index contributed by atoms with van der Waals surface area (Å²) in [5.74, 6) is 3.33. The Labute approximate surface area is 120 Å². The summed E-state index contributed by atoms with van der Waals surface area (Å²) in [6, 6.07) is 1.79. The Bertz CT molecular complexity index is 371. The van der Waals surface area contributed by atoms with E-state index in [0.29, 0.717) is 5.82 Å². The first-order chi connectivity index (χ1) is 9.24. The van der Waals surface area contributed by atoms with Crippen molar-refractivity contribution in [1.29, 1.82) is 0 Å². The molecule has 1 aromatic heterocycles. The fourth-order valence-electron chi connectivity index (χ4n) is 2.45. The van der Waals surface area contributed by atoms with Crippen LogP contribution in [-0.2, 0) is 0 Å². The van der Waals surface area contributed by atoms with Gasteiger partial charge in [0.15, 0.2) is 0 Å². The van der Waals surface area contributed by atoms with E-state index in [-0.39, 0.29) is 0 Å². The molecule has 1 aromatic rings. The molecule has 2 rings (SSSR count). The fourth-order valence-corrected chi connectivity index (χ4v) is 3.76. The average Bonchev–Trinajstić information content (AvgIpc) is 2.38. The highest BCUT2D eigenvalue weighted by atomic mass is 32.2. The Kier molecular flexibility index (Phi) is 5.76. The van der Waals surface area contributed by atoms with Crippen LogP contribution in [0.3, 0.4) is 0 Å². The zero-order valence-electron chi connectivity index (χ0n) is 11.7. The summed E-state index contributed by atoms with van der Waals surface area (Å²) in [6.45, 7) is 2.82. The molecule has 0 amide bonds. The van der Waals surface area contributed by atoms with Crippen LogP contribution >= 0.6 is 11.8 Å². The van der Waals surface area contributed by atoms with Gasteiger partial charge in [-0.05, 0) is 31.9 Å². The summed E-state index contributed by atoms with van der Waals surface area (Å²) in [4.78, 5) is 8.37. The lowest BCUT2D eigenvalue weighted by atomic mass is 10.0. The van der Waals surface area contributed by atoms with Crippen molar-refractivity contribution < 1.29 is 0 Å². The van der Waals surface area contributed by atoms with E-state index < -0.39 is 0 Å². The quantitative estimate of drug-likeness (QED) is 0.783. The molecule has 0 saturated heterocycles. The van der Waals surface area contributed by atoms with Gasteiger partial charge >= 0.3 is 0 Å². The van der Waals surface area contributed by atoms with Gasteiger partial charge in [0.2, 0.25) is 0 Å². The normalized spacial score (nSPS) is 16.5. The van der Waals surface area contributed by atoms with Crippen LogP contribution in [0.15, 0.2) is 6.07 Å². The molecule has 0 atom stereocenters. The van der Waals surface area contributed by atoms with Crippen LogP contribution in [0.5, 0.6) is 0 Å². The summed E-state index contributed by atoms with van der Waals surface area (Å²) >= 11 is 2.14. The molecule has 0 bridgehead atoms. The SMILES string of the molecule is Cc1nc(N)cc(NCCCSC2CCCCC2)n1. The zero-order chi connectivity index (χ0) is 13.5. The largest absolute Gasteiger partial charge is 0.384 e. The lowest BCUT2D eigenvalue weighted by molar-refractivity contribution is 0.516. The minimum absolute atomic E-state index is 0.534. The highest BCUT2D eigenvalue weighted by Gasteiger charge is 2.12. The second-order valence-electron chi connectivity index (χ2n) is 5.14. The molecule has 0 spiro atoms. The van der Waals surface area contributed by atoms with Crippen molar-refractivity contribution in [3.8, 4) is 0 Å². The highest BCUT2D eigenvalue weighted by Crippen LogP contribution is 2.28. The number of thioether (sulfide) groups is 1. The van der Waals surface area contributed by atoms with E-state index >= 15 is 0 Å². The van der Waals surface area contributed by atoms with Crippen molar-refractivity contribution in [1.82, 2.24) is 9.97 Å². The van der Waals surface area contributed by atoms with Gasteiger partial charge in [0.1, 0.15) is 17.5 Å². The molecule has 1 aliphatic carbocycles. The number of nitrogens with two attached hydrogens (primary N) is 1. The number of nitrogen functional groups attached to an aromatic ring is 1. The van der Waals surface area contributed by atoms with Gasteiger partial charge in [-0.2, -0.15) is 11.8 Å². The van der Waals surface area contributed by atoms with Crippen molar-refractivity contribution in [3.05, 3.63) is 11.9 Å². The molecule has 1 aliphatic rings.